The van der Waals surface area contributed by atoms with E-state index in [2.05, 4.69) is 20.7 Å². The topological polar surface area (TPSA) is 75.1 Å². The maximum Gasteiger partial charge on any atom is 0.433 e. The summed E-state index contributed by atoms with van der Waals surface area (Å²) >= 11 is 6.10. The Morgan fingerprint density at radius 3 is 2.46 bits per heavy atom. The number of nitrogens with one attached hydrogen (secondary N) is 2. The Labute approximate surface area is 206 Å². The van der Waals surface area contributed by atoms with Gasteiger partial charge in [0.25, 0.3) is 0 Å². The average molecular weight is 509 g/mol. The Kier molecular flexibility index (Phi) is 7.23. The summed E-state index contributed by atoms with van der Waals surface area (Å²) in [7, 11) is 5.50. The maximum absolute atomic E-state index is 13.4. The van der Waals surface area contributed by atoms with Crippen LogP contribution in [-0.4, -0.2) is 51.8 Å². The van der Waals surface area contributed by atoms with Crippen LogP contribution in [0.2, 0.25) is 5.02 Å². The largest absolute Gasteiger partial charge is 0.433 e. The minimum absolute atomic E-state index is 0.00552. The van der Waals surface area contributed by atoms with Crippen LogP contribution in [0.15, 0.2) is 36.7 Å². The molecule has 1 aliphatic carbocycles. The number of carbonyl (C=O) groups is 1. The predicted octanol–water partition coefficient (Wildman–Crippen LogP) is 4.78. The molecule has 1 fully saturated rings. The molecule has 11 heteroatoms. The molecule has 1 aliphatic rings. The van der Waals surface area contributed by atoms with Gasteiger partial charge >= 0.3 is 6.18 Å². The highest BCUT2D eigenvalue weighted by atomic mass is 35.5. The van der Waals surface area contributed by atoms with Gasteiger partial charge in [0.1, 0.15) is 11.7 Å². The first-order valence-corrected chi connectivity index (χ1v) is 11.8. The van der Waals surface area contributed by atoms with Crippen molar-refractivity contribution in [3.63, 3.8) is 0 Å². The summed E-state index contributed by atoms with van der Waals surface area (Å²) in [5, 5.41) is 11.6. The predicted molar refractivity (Wildman–Crippen MR) is 129 cm³/mol. The van der Waals surface area contributed by atoms with Crippen molar-refractivity contribution in [2.75, 3.05) is 19.4 Å². The molecule has 0 spiro atoms. The summed E-state index contributed by atoms with van der Waals surface area (Å²) in [6.07, 6.45) is 1.80. The minimum Gasteiger partial charge on any atom is -0.382 e. The van der Waals surface area contributed by atoms with Crippen LogP contribution in [0.5, 0.6) is 0 Å². The first kappa shape index (κ1) is 25.2. The molecule has 3 aromatic rings. The zero-order valence-electron chi connectivity index (χ0n) is 19.7. The molecule has 188 valence electrons. The van der Waals surface area contributed by atoms with Crippen LogP contribution < -0.4 is 10.6 Å². The number of amides is 1. The Hall–Kier alpha value is -2.85. The lowest BCUT2D eigenvalue weighted by Gasteiger charge is -2.32. The number of fused-ring (bicyclic) bond motifs is 1. The Bertz CT molecular complexity index is 1200. The highest BCUT2D eigenvalue weighted by molar-refractivity contribution is 6.31. The summed E-state index contributed by atoms with van der Waals surface area (Å²) in [6.45, 7) is 0. The number of nitrogens with zero attached hydrogens (tertiary/aromatic N) is 4. The van der Waals surface area contributed by atoms with Gasteiger partial charge in [-0.1, -0.05) is 11.6 Å². The van der Waals surface area contributed by atoms with E-state index < -0.39 is 17.9 Å². The third-order valence-electron chi connectivity index (χ3n) is 6.30. The number of halogens is 4. The van der Waals surface area contributed by atoms with Gasteiger partial charge in [-0.25, -0.2) is 4.98 Å². The lowest BCUT2D eigenvalue weighted by Crippen LogP contribution is -2.44. The van der Waals surface area contributed by atoms with Gasteiger partial charge in [-0.15, -0.1) is 0 Å². The number of hydrogen-bond acceptors (Lipinski definition) is 5. The Balaban J connectivity index is 1.43. The van der Waals surface area contributed by atoms with Crippen molar-refractivity contribution in [3.05, 3.63) is 52.9 Å². The van der Waals surface area contributed by atoms with Crippen molar-refractivity contribution in [1.29, 1.82) is 0 Å². The summed E-state index contributed by atoms with van der Waals surface area (Å²) in [6, 6.07) is 5.20. The fourth-order valence-electron chi connectivity index (χ4n) is 4.61. The lowest BCUT2D eigenvalue weighted by molar-refractivity contribution is -0.140. The first-order valence-electron chi connectivity index (χ1n) is 11.4. The van der Waals surface area contributed by atoms with E-state index in [-0.39, 0.29) is 23.5 Å². The number of likely N-dealkylation sites (N-methyl/N-ethyl adjacent to an activating group) is 1. The van der Waals surface area contributed by atoms with Gasteiger partial charge in [-0.2, -0.15) is 18.3 Å². The van der Waals surface area contributed by atoms with Crippen LogP contribution in [0.4, 0.5) is 18.9 Å². The molecule has 1 amide bonds. The third-order valence-corrected chi connectivity index (χ3v) is 6.53. The van der Waals surface area contributed by atoms with Crippen LogP contribution in [0.25, 0.3) is 10.9 Å². The summed E-state index contributed by atoms with van der Waals surface area (Å²) < 4.78 is 41.9. The smallest absolute Gasteiger partial charge is 0.382 e. The van der Waals surface area contributed by atoms with Crippen molar-refractivity contribution in [2.24, 2.45) is 7.05 Å². The number of alkyl halides is 3. The van der Waals surface area contributed by atoms with Crippen LogP contribution >= 0.6 is 11.6 Å². The number of hydrogen-bond donors (Lipinski definition) is 2. The molecule has 2 N–H and O–H groups in total. The van der Waals surface area contributed by atoms with Crippen molar-refractivity contribution in [1.82, 2.24) is 25.0 Å². The molecule has 1 atom stereocenters. The fourth-order valence-corrected chi connectivity index (χ4v) is 4.78. The molecule has 1 unspecified atom stereocenters. The van der Waals surface area contributed by atoms with E-state index >= 15 is 0 Å². The van der Waals surface area contributed by atoms with Gasteiger partial charge in [0.2, 0.25) is 5.91 Å². The maximum atomic E-state index is 13.4. The third kappa shape index (κ3) is 5.87. The molecule has 2 heterocycles. The molecular formula is C24H28ClF3N6O. The van der Waals surface area contributed by atoms with E-state index in [4.69, 9.17) is 11.6 Å². The van der Waals surface area contributed by atoms with E-state index in [0.29, 0.717) is 41.8 Å². The summed E-state index contributed by atoms with van der Waals surface area (Å²) in [4.78, 5) is 18.6. The van der Waals surface area contributed by atoms with E-state index in [1.807, 2.05) is 25.2 Å². The monoisotopic (exact) mass is 508 g/mol. The van der Waals surface area contributed by atoms with Crippen LogP contribution in [0.1, 0.15) is 43.0 Å². The van der Waals surface area contributed by atoms with Crippen molar-refractivity contribution >= 4 is 34.1 Å². The van der Waals surface area contributed by atoms with Crippen LogP contribution in [0, 0.1) is 0 Å². The van der Waals surface area contributed by atoms with Crippen molar-refractivity contribution in [2.45, 2.75) is 50.0 Å². The van der Waals surface area contributed by atoms with Crippen molar-refractivity contribution < 1.29 is 18.0 Å². The molecule has 0 bridgehead atoms. The number of carbonyl (C=O) groups excluding carboxylic acids is 1. The zero-order chi connectivity index (χ0) is 25.3. The van der Waals surface area contributed by atoms with Gasteiger partial charge in [0.05, 0.1) is 11.7 Å². The van der Waals surface area contributed by atoms with E-state index in [9.17, 15) is 18.0 Å². The second-order valence-corrected chi connectivity index (χ2v) is 9.67. The van der Waals surface area contributed by atoms with Gasteiger partial charge in [-0.3, -0.25) is 14.4 Å². The van der Waals surface area contributed by atoms with Crippen LogP contribution in [-0.2, 0) is 18.0 Å². The number of benzene rings is 1. The second-order valence-electron chi connectivity index (χ2n) is 9.23. The highest BCUT2D eigenvalue weighted by Gasteiger charge is 2.34. The van der Waals surface area contributed by atoms with Crippen LogP contribution in [0.3, 0.4) is 0 Å². The number of aryl methyl sites for hydroxylation is 1. The zero-order valence-corrected chi connectivity index (χ0v) is 20.5. The number of pyridine rings is 1. The summed E-state index contributed by atoms with van der Waals surface area (Å²) in [5.74, 6) is -0.0935. The molecule has 2 aromatic heterocycles. The molecule has 35 heavy (non-hydrogen) atoms. The fraction of sp³-hybridized carbons (Fsp3) is 0.458. The molecule has 0 radical (unpaired) electrons. The molecule has 4 rings (SSSR count). The van der Waals surface area contributed by atoms with Gasteiger partial charge in [0.15, 0.2) is 0 Å². The molecular weight excluding hydrogens is 481 g/mol. The van der Waals surface area contributed by atoms with Crippen molar-refractivity contribution in [3.8, 4) is 0 Å². The Morgan fingerprint density at radius 1 is 1.17 bits per heavy atom. The molecule has 0 aliphatic heterocycles. The standard InChI is InChI=1S/C24H28ClF3N6O/c1-33(2)22(14-12-29-34(3)13-14)23(35)31-17-7-5-16(6-8-17)30-20-11-21(24(26,27)28)32-19-9-4-15(25)10-18(19)20/h4,9-13,16-17,22H,5-8H2,1-3H3,(H,30,32)(H,31,35). The second kappa shape index (κ2) is 10.0. The molecule has 1 aromatic carbocycles. The minimum atomic E-state index is -4.55. The molecule has 7 nitrogen and oxygen atoms in total. The number of anilines is 1. The summed E-state index contributed by atoms with van der Waals surface area (Å²) in [5.41, 5.74) is 0.467. The number of aromatic nitrogens is 3. The van der Waals surface area contributed by atoms with Gasteiger partial charge in [-0.05, 0) is 64.0 Å². The van der Waals surface area contributed by atoms with Gasteiger partial charge in [0, 0.05) is 47.0 Å². The van der Waals surface area contributed by atoms with E-state index in [1.165, 1.54) is 12.1 Å². The number of rotatable bonds is 6. The quantitative estimate of drug-likeness (QED) is 0.501. The first-order chi connectivity index (χ1) is 16.5. The average Bonchev–Trinajstić information content (AvgIpc) is 3.19. The highest BCUT2D eigenvalue weighted by Crippen LogP contribution is 2.35. The van der Waals surface area contributed by atoms with E-state index in [1.54, 1.807) is 24.0 Å². The lowest BCUT2D eigenvalue weighted by atomic mass is 9.90. The Morgan fingerprint density at radius 2 is 1.86 bits per heavy atom. The SMILES string of the molecule is CN(C)C(C(=O)NC1CCC(Nc2cc(C(F)(F)F)nc3ccc(Cl)cc23)CC1)c1cnn(C)c1. The molecule has 1 saturated carbocycles. The van der Waals surface area contributed by atoms with E-state index in [0.717, 1.165) is 11.6 Å². The normalized spacial score (nSPS) is 19.7. The van der Waals surface area contributed by atoms with Gasteiger partial charge < -0.3 is 10.6 Å². The molecule has 0 saturated heterocycles.